The number of unbranched alkanes of at least 4 members (excludes halogenated alkanes) is 9. The number of hydrogen-bond donors (Lipinski definition) is 1. The highest BCUT2D eigenvalue weighted by Crippen LogP contribution is 2.43. The first kappa shape index (κ1) is 23.9. The second-order valence-electron chi connectivity index (χ2n) is 8.91. The molecule has 1 N–H and O–H groups in total. The van der Waals surface area contributed by atoms with Gasteiger partial charge in [0.25, 0.3) is 0 Å². The van der Waals surface area contributed by atoms with E-state index in [0.29, 0.717) is 18.3 Å². The topological polar surface area (TPSA) is 54.4 Å². The maximum atomic E-state index is 11.9. The molecule has 0 radical (unpaired) electrons. The number of carbonyl (C=O) groups is 2. The van der Waals surface area contributed by atoms with Gasteiger partial charge in [0.2, 0.25) is 0 Å². The minimum absolute atomic E-state index is 0.202. The van der Waals surface area contributed by atoms with Crippen LogP contribution in [0.15, 0.2) is 12.2 Å². The van der Waals surface area contributed by atoms with Crippen molar-refractivity contribution >= 4 is 12.3 Å². The van der Waals surface area contributed by atoms with Crippen LogP contribution in [0.2, 0.25) is 0 Å². The Bertz CT molecular complexity index is 443. The van der Waals surface area contributed by atoms with Crippen molar-refractivity contribution < 1.29 is 14.7 Å². The lowest BCUT2D eigenvalue weighted by molar-refractivity contribution is -0.145. The average Bonchev–Trinajstić information content (AvgIpc) is 2.62. The Balaban J connectivity index is 2.25. The average molecular weight is 379 g/mol. The van der Waals surface area contributed by atoms with Crippen LogP contribution in [0.3, 0.4) is 0 Å². The largest absolute Gasteiger partial charge is 0.481 e. The van der Waals surface area contributed by atoms with Crippen molar-refractivity contribution in [3.8, 4) is 0 Å². The summed E-state index contributed by atoms with van der Waals surface area (Å²) in [6.45, 7) is 8.49. The van der Waals surface area contributed by atoms with E-state index in [1.54, 1.807) is 0 Å². The van der Waals surface area contributed by atoms with Crippen LogP contribution in [0, 0.1) is 23.7 Å². The molecule has 1 saturated carbocycles. The number of rotatable bonds is 15. The molecule has 0 heterocycles. The SMILES string of the molecule is C=C(C)C1CCC(C)CC1C(CCCCCCCCCCCC=O)C(=O)O. The van der Waals surface area contributed by atoms with Crippen LogP contribution in [0.4, 0.5) is 0 Å². The Labute approximate surface area is 167 Å². The van der Waals surface area contributed by atoms with E-state index in [4.69, 9.17) is 0 Å². The zero-order valence-corrected chi connectivity index (χ0v) is 17.8. The Kier molecular flexibility index (Phi) is 12.4. The van der Waals surface area contributed by atoms with Crippen LogP contribution in [-0.2, 0) is 9.59 Å². The highest BCUT2D eigenvalue weighted by atomic mass is 16.4. The number of allylic oxidation sites excluding steroid dienone is 1. The van der Waals surface area contributed by atoms with Crippen molar-refractivity contribution in [3.05, 3.63) is 12.2 Å². The van der Waals surface area contributed by atoms with Crippen LogP contribution < -0.4 is 0 Å². The molecule has 0 aromatic carbocycles. The molecular weight excluding hydrogens is 336 g/mol. The molecule has 1 rings (SSSR count). The van der Waals surface area contributed by atoms with E-state index in [2.05, 4.69) is 20.4 Å². The number of aliphatic carboxylic acids is 1. The van der Waals surface area contributed by atoms with E-state index in [1.807, 2.05) is 0 Å². The zero-order chi connectivity index (χ0) is 20.1. The molecule has 27 heavy (non-hydrogen) atoms. The van der Waals surface area contributed by atoms with Gasteiger partial charge in [-0.05, 0) is 50.4 Å². The minimum atomic E-state index is -0.601. The molecule has 1 aliphatic rings. The highest BCUT2D eigenvalue weighted by molar-refractivity contribution is 5.70. The van der Waals surface area contributed by atoms with Crippen LogP contribution in [-0.4, -0.2) is 17.4 Å². The van der Waals surface area contributed by atoms with E-state index in [9.17, 15) is 14.7 Å². The molecule has 156 valence electrons. The van der Waals surface area contributed by atoms with Crippen LogP contribution in [0.5, 0.6) is 0 Å². The quantitative estimate of drug-likeness (QED) is 0.193. The minimum Gasteiger partial charge on any atom is -0.481 e. The number of carboxylic acids is 1. The third kappa shape index (κ3) is 9.58. The van der Waals surface area contributed by atoms with Gasteiger partial charge < -0.3 is 9.90 Å². The van der Waals surface area contributed by atoms with Gasteiger partial charge in [0.1, 0.15) is 6.29 Å². The molecule has 0 aromatic heterocycles. The fraction of sp³-hybridized carbons (Fsp3) is 0.833. The molecule has 1 aliphatic carbocycles. The first-order valence-electron chi connectivity index (χ1n) is 11.3. The highest BCUT2D eigenvalue weighted by Gasteiger charge is 2.37. The summed E-state index contributed by atoms with van der Waals surface area (Å²) in [5, 5.41) is 9.82. The Morgan fingerprint density at radius 3 is 2.11 bits per heavy atom. The molecule has 0 aromatic rings. The van der Waals surface area contributed by atoms with Gasteiger partial charge in [0.05, 0.1) is 5.92 Å². The van der Waals surface area contributed by atoms with Gasteiger partial charge in [0.15, 0.2) is 0 Å². The summed E-state index contributed by atoms with van der Waals surface area (Å²) in [7, 11) is 0. The standard InChI is InChI=1S/C24H42O3/c1-19(2)21-16-15-20(3)18-23(21)22(24(26)27)14-12-10-8-6-4-5-7-9-11-13-17-25/h17,20-23H,1,4-16,18H2,2-3H3,(H,26,27). The third-order valence-corrected chi connectivity index (χ3v) is 6.47. The lowest BCUT2D eigenvalue weighted by Crippen LogP contribution is -2.34. The van der Waals surface area contributed by atoms with Crippen molar-refractivity contribution in [3.63, 3.8) is 0 Å². The molecular formula is C24H42O3. The Hall–Kier alpha value is -1.12. The molecule has 0 saturated heterocycles. The smallest absolute Gasteiger partial charge is 0.306 e. The van der Waals surface area contributed by atoms with Gasteiger partial charge in [0, 0.05) is 6.42 Å². The summed E-state index contributed by atoms with van der Waals surface area (Å²) in [6, 6.07) is 0. The fourth-order valence-corrected chi connectivity index (χ4v) is 4.83. The van der Waals surface area contributed by atoms with Crippen molar-refractivity contribution in [2.75, 3.05) is 0 Å². The molecule has 0 amide bonds. The lowest BCUT2D eigenvalue weighted by atomic mass is 9.66. The van der Waals surface area contributed by atoms with E-state index >= 15 is 0 Å². The second kappa shape index (κ2) is 14.0. The van der Waals surface area contributed by atoms with Gasteiger partial charge >= 0.3 is 5.97 Å². The Morgan fingerprint density at radius 2 is 1.59 bits per heavy atom. The van der Waals surface area contributed by atoms with Gasteiger partial charge in [-0.1, -0.05) is 76.9 Å². The number of aldehydes is 1. The maximum Gasteiger partial charge on any atom is 0.306 e. The van der Waals surface area contributed by atoms with E-state index in [0.717, 1.165) is 44.8 Å². The molecule has 4 atom stereocenters. The first-order valence-corrected chi connectivity index (χ1v) is 11.3. The summed E-state index contributed by atoms with van der Waals surface area (Å²) in [5.41, 5.74) is 1.17. The van der Waals surface area contributed by atoms with Gasteiger partial charge in [-0.15, -0.1) is 0 Å². The first-order chi connectivity index (χ1) is 13.0. The van der Waals surface area contributed by atoms with Crippen LogP contribution >= 0.6 is 0 Å². The fourth-order valence-electron chi connectivity index (χ4n) is 4.83. The molecule has 3 nitrogen and oxygen atoms in total. The van der Waals surface area contributed by atoms with Gasteiger partial charge in [-0.2, -0.15) is 0 Å². The number of hydrogen-bond acceptors (Lipinski definition) is 2. The number of carboxylic acid groups (broad SMARTS) is 1. The zero-order valence-electron chi connectivity index (χ0n) is 17.8. The summed E-state index contributed by atoms with van der Waals surface area (Å²) in [6.07, 6.45) is 16.5. The van der Waals surface area contributed by atoms with Crippen LogP contribution in [0.25, 0.3) is 0 Å². The van der Waals surface area contributed by atoms with Gasteiger partial charge in [-0.3, -0.25) is 4.79 Å². The van der Waals surface area contributed by atoms with Crippen molar-refractivity contribution in [2.45, 2.75) is 104 Å². The maximum absolute atomic E-state index is 11.9. The van der Waals surface area contributed by atoms with E-state index in [1.165, 1.54) is 50.5 Å². The monoisotopic (exact) mass is 378 g/mol. The number of carbonyl (C=O) groups excluding carboxylic acids is 1. The summed E-state index contributed by atoms with van der Waals surface area (Å²) < 4.78 is 0. The molecule has 0 bridgehead atoms. The molecule has 1 fully saturated rings. The summed E-state index contributed by atoms with van der Waals surface area (Å²) in [4.78, 5) is 22.2. The van der Waals surface area contributed by atoms with Crippen molar-refractivity contribution in [1.29, 1.82) is 0 Å². The normalized spacial score (nSPS) is 23.7. The predicted molar refractivity (Wildman–Crippen MR) is 113 cm³/mol. The molecule has 3 heteroatoms. The summed E-state index contributed by atoms with van der Waals surface area (Å²) >= 11 is 0. The molecule has 0 spiro atoms. The van der Waals surface area contributed by atoms with E-state index in [-0.39, 0.29) is 11.8 Å². The van der Waals surface area contributed by atoms with Crippen molar-refractivity contribution in [1.82, 2.24) is 0 Å². The Morgan fingerprint density at radius 1 is 1.04 bits per heavy atom. The summed E-state index contributed by atoms with van der Waals surface area (Å²) in [5.74, 6) is 0.499. The second-order valence-corrected chi connectivity index (χ2v) is 8.91. The van der Waals surface area contributed by atoms with Gasteiger partial charge in [-0.25, -0.2) is 0 Å². The molecule has 4 unspecified atom stereocenters. The van der Waals surface area contributed by atoms with Crippen molar-refractivity contribution in [2.24, 2.45) is 23.7 Å². The van der Waals surface area contributed by atoms with E-state index < -0.39 is 5.97 Å². The lowest BCUT2D eigenvalue weighted by Gasteiger charge is -2.38. The molecule has 0 aliphatic heterocycles. The third-order valence-electron chi connectivity index (χ3n) is 6.47. The predicted octanol–water partition coefficient (Wildman–Crippen LogP) is 6.81. The van der Waals surface area contributed by atoms with Crippen LogP contribution in [0.1, 0.15) is 104 Å².